The summed E-state index contributed by atoms with van der Waals surface area (Å²) in [5, 5.41) is 9.72. The van der Waals surface area contributed by atoms with Crippen molar-refractivity contribution in [3.8, 4) is 0 Å². The van der Waals surface area contributed by atoms with E-state index in [0.717, 1.165) is 35.8 Å². The smallest absolute Gasteiger partial charge is 0.251 e. The first-order valence-electron chi connectivity index (χ1n) is 9.16. The summed E-state index contributed by atoms with van der Waals surface area (Å²) in [6.45, 7) is 7.03. The Kier molecular flexibility index (Phi) is 6.21. The molecular formula is C20H27N3OS. The minimum atomic E-state index is 0.00457. The van der Waals surface area contributed by atoms with E-state index in [2.05, 4.69) is 40.9 Å². The topological polar surface area (TPSA) is 54.0 Å². The van der Waals surface area contributed by atoms with Gasteiger partial charge in [-0.05, 0) is 43.0 Å². The van der Waals surface area contributed by atoms with Gasteiger partial charge in [-0.15, -0.1) is 11.3 Å². The Balaban J connectivity index is 1.53. The normalized spacial score (nSPS) is 17.6. The van der Waals surface area contributed by atoms with Crippen LogP contribution in [0.2, 0.25) is 0 Å². The van der Waals surface area contributed by atoms with Crippen molar-refractivity contribution in [2.45, 2.75) is 44.9 Å². The van der Waals surface area contributed by atoms with E-state index in [1.165, 1.54) is 18.4 Å². The predicted molar refractivity (Wildman–Crippen MR) is 104 cm³/mol. The number of benzene rings is 1. The second kappa shape index (κ2) is 8.59. The van der Waals surface area contributed by atoms with E-state index in [9.17, 15) is 4.79 Å². The summed E-state index contributed by atoms with van der Waals surface area (Å²) in [6, 6.07) is 8.08. The minimum Gasteiger partial charge on any atom is -0.352 e. The molecule has 0 unspecified atom stereocenters. The van der Waals surface area contributed by atoms with Gasteiger partial charge < -0.3 is 10.6 Å². The first-order valence-corrected chi connectivity index (χ1v) is 10.0. The van der Waals surface area contributed by atoms with Crippen molar-refractivity contribution in [3.63, 3.8) is 0 Å². The molecule has 2 aromatic rings. The fraction of sp³-hybridized carbons (Fsp3) is 0.500. The van der Waals surface area contributed by atoms with E-state index < -0.39 is 0 Å². The lowest BCUT2D eigenvalue weighted by molar-refractivity contribution is 0.0954. The molecule has 0 spiro atoms. The molecule has 4 nitrogen and oxygen atoms in total. The van der Waals surface area contributed by atoms with Crippen molar-refractivity contribution in [3.05, 3.63) is 51.5 Å². The van der Waals surface area contributed by atoms with Crippen molar-refractivity contribution < 1.29 is 4.79 Å². The molecule has 1 amide bonds. The van der Waals surface area contributed by atoms with Gasteiger partial charge in [0.2, 0.25) is 0 Å². The molecule has 3 rings (SSSR count). The van der Waals surface area contributed by atoms with Crippen LogP contribution in [0.1, 0.15) is 65.1 Å². The molecule has 1 saturated heterocycles. The molecule has 2 heterocycles. The number of thiazole rings is 1. The molecule has 1 aliphatic heterocycles. The largest absolute Gasteiger partial charge is 0.352 e. The van der Waals surface area contributed by atoms with Crippen LogP contribution in [-0.4, -0.2) is 30.5 Å². The number of carbonyl (C=O) groups excluding carboxylic acids is 1. The zero-order valence-electron chi connectivity index (χ0n) is 15.0. The van der Waals surface area contributed by atoms with E-state index >= 15 is 0 Å². The number of nitrogens with zero attached hydrogens (tertiary/aromatic N) is 1. The van der Waals surface area contributed by atoms with Crippen LogP contribution in [0, 0.1) is 0 Å². The summed E-state index contributed by atoms with van der Waals surface area (Å²) >= 11 is 1.70. The van der Waals surface area contributed by atoms with Crippen LogP contribution < -0.4 is 10.6 Å². The van der Waals surface area contributed by atoms with Gasteiger partial charge in [-0.3, -0.25) is 4.79 Å². The zero-order valence-corrected chi connectivity index (χ0v) is 15.9. The summed E-state index contributed by atoms with van der Waals surface area (Å²) in [5.41, 5.74) is 3.08. The highest BCUT2D eigenvalue weighted by Gasteiger charge is 2.16. The van der Waals surface area contributed by atoms with Gasteiger partial charge in [0.1, 0.15) is 0 Å². The highest BCUT2D eigenvalue weighted by Crippen LogP contribution is 2.24. The van der Waals surface area contributed by atoms with Crippen LogP contribution >= 0.6 is 11.3 Å². The average Bonchev–Trinajstić information content (AvgIpc) is 3.12. The zero-order chi connectivity index (χ0) is 17.6. The van der Waals surface area contributed by atoms with Crippen LogP contribution in [0.4, 0.5) is 0 Å². The number of piperidine rings is 1. The quantitative estimate of drug-likeness (QED) is 0.829. The predicted octanol–water partition coefficient (Wildman–Crippen LogP) is 3.71. The molecule has 1 aliphatic rings. The van der Waals surface area contributed by atoms with Gasteiger partial charge in [0, 0.05) is 36.4 Å². The molecular weight excluding hydrogens is 330 g/mol. The number of amides is 1. The van der Waals surface area contributed by atoms with Crippen molar-refractivity contribution >= 4 is 17.2 Å². The molecule has 25 heavy (non-hydrogen) atoms. The van der Waals surface area contributed by atoms with Crippen LogP contribution in [0.15, 0.2) is 29.6 Å². The van der Waals surface area contributed by atoms with Crippen LogP contribution in [0.5, 0.6) is 0 Å². The molecule has 5 heteroatoms. The molecule has 1 atom stereocenters. The SMILES string of the molecule is CC(C)c1nc(CCNC(=O)c2cccc([C@@H]3CCCNC3)c2)cs1. The molecule has 0 saturated carbocycles. The minimum absolute atomic E-state index is 0.00457. The van der Waals surface area contributed by atoms with Crippen molar-refractivity contribution in [1.29, 1.82) is 0 Å². The number of hydrogen-bond acceptors (Lipinski definition) is 4. The first-order chi connectivity index (χ1) is 12.1. The molecule has 1 aromatic carbocycles. The molecule has 2 N–H and O–H groups in total. The van der Waals surface area contributed by atoms with E-state index in [4.69, 9.17) is 0 Å². The van der Waals surface area contributed by atoms with Crippen LogP contribution in [0.3, 0.4) is 0 Å². The first kappa shape index (κ1) is 18.1. The fourth-order valence-electron chi connectivity index (χ4n) is 3.18. The highest BCUT2D eigenvalue weighted by molar-refractivity contribution is 7.09. The summed E-state index contributed by atoms with van der Waals surface area (Å²) in [7, 11) is 0. The lowest BCUT2D eigenvalue weighted by Gasteiger charge is -2.23. The summed E-state index contributed by atoms with van der Waals surface area (Å²) in [4.78, 5) is 17.1. The third-order valence-corrected chi connectivity index (χ3v) is 5.84. The monoisotopic (exact) mass is 357 g/mol. The maximum Gasteiger partial charge on any atom is 0.251 e. The van der Waals surface area contributed by atoms with E-state index in [1.54, 1.807) is 11.3 Å². The summed E-state index contributed by atoms with van der Waals surface area (Å²) < 4.78 is 0. The Morgan fingerprint density at radius 1 is 1.44 bits per heavy atom. The van der Waals surface area contributed by atoms with Gasteiger partial charge in [0.05, 0.1) is 10.7 Å². The Bertz CT molecular complexity index is 704. The van der Waals surface area contributed by atoms with Gasteiger partial charge >= 0.3 is 0 Å². The van der Waals surface area contributed by atoms with Crippen molar-refractivity contribution in [2.75, 3.05) is 19.6 Å². The summed E-state index contributed by atoms with van der Waals surface area (Å²) in [5.74, 6) is 0.987. The third kappa shape index (κ3) is 4.89. The lowest BCUT2D eigenvalue weighted by atomic mass is 9.90. The standard InChI is InChI=1S/C20H27N3OS/c1-14(2)20-23-18(13-25-20)8-10-22-19(24)16-6-3-5-15(11-16)17-7-4-9-21-12-17/h3,5-6,11,13-14,17,21H,4,7-10,12H2,1-2H3,(H,22,24)/t17-/m1/s1. The highest BCUT2D eigenvalue weighted by atomic mass is 32.1. The molecule has 0 radical (unpaired) electrons. The molecule has 0 bridgehead atoms. The maximum atomic E-state index is 12.4. The Labute approximate surface area is 154 Å². The van der Waals surface area contributed by atoms with E-state index in [0.29, 0.717) is 18.4 Å². The molecule has 1 fully saturated rings. The number of nitrogens with one attached hydrogen (secondary N) is 2. The van der Waals surface area contributed by atoms with Gasteiger partial charge in [-0.2, -0.15) is 0 Å². The maximum absolute atomic E-state index is 12.4. The van der Waals surface area contributed by atoms with Crippen LogP contribution in [0.25, 0.3) is 0 Å². The van der Waals surface area contributed by atoms with Crippen molar-refractivity contribution in [1.82, 2.24) is 15.6 Å². The average molecular weight is 358 g/mol. The van der Waals surface area contributed by atoms with Crippen LogP contribution in [-0.2, 0) is 6.42 Å². The number of carbonyl (C=O) groups is 1. The third-order valence-electron chi connectivity index (χ3n) is 4.65. The number of aromatic nitrogens is 1. The molecule has 0 aliphatic carbocycles. The van der Waals surface area contributed by atoms with Crippen molar-refractivity contribution in [2.24, 2.45) is 0 Å². The Hall–Kier alpha value is -1.72. The van der Waals surface area contributed by atoms with Gasteiger partial charge in [-0.25, -0.2) is 4.98 Å². The second-order valence-corrected chi connectivity index (χ2v) is 7.90. The summed E-state index contributed by atoms with van der Waals surface area (Å²) in [6.07, 6.45) is 3.17. The van der Waals surface area contributed by atoms with E-state index in [1.807, 2.05) is 18.2 Å². The van der Waals surface area contributed by atoms with E-state index in [-0.39, 0.29) is 5.91 Å². The van der Waals surface area contributed by atoms with Gasteiger partial charge in [-0.1, -0.05) is 26.0 Å². The molecule has 134 valence electrons. The van der Waals surface area contributed by atoms with Gasteiger partial charge in [0.15, 0.2) is 0 Å². The van der Waals surface area contributed by atoms with Gasteiger partial charge in [0.25, 0.3) is 5.91 Å². The Morgan fingerprint density at radius 2 is 2.32 bits per heavy atom. The fourth-order valence-corrected chi connectivity index (χ4v) is 4.05. The second-order valence-electron chi connectivity index (χ2n) is 7.01. The molecule has 1 aromatic heterocycles. The number of rotatable bonds is 6. The Morgan fingerprint density at radius 3 is 3.04 bits per heavy atom. The number of hydrogen-bond donors (Lipinski definition) is 2. The lowest BCUT2D eigenvalue weighted by Crippen LogP contribution is -2.29.